The second-order valence-electron chi connectivity index (χ2n) is 4.99. The summed E-state index contributed by atoms with van der Waals surface area (Å²) in [4.78, 5) is 2.69. The van der Waals surface area contributed by atoms with Crippen LogP contribution < -0.4 is 0 Å². The van der Waals surface area contributed by atoms with Crippen LogP contribution in [0.1, 0.15) is 18.9 Å². The molecular weight excluding hydrogens is 306 g/mol. The van der Waals surface area contributed by atoms with Crippen molar-refractivity contribution in [1.29, 1.82) is 0 Å². The second-order valence-corrected chi connectivity index (χ2v) is 7.61. The summed E-state index contributed by atoms with van der Waals surface area (Å²) in [5, 5.41) is 0. The Bertz CT molecular complexity index is 839. The number of nitrogens with one attached hydrogen (secondary N) is 1. The number of nitrogens with zero attached hydrogens (tertiary/aromatic N) is 1. The molecule has 1 atom stereocenters. The third-order valence-corrected chi connectivity index (χ3v) is 5.65. The lowest BCUT2D eigenvalue weighted by Crippen LogP contribution is -2.27. The van der Waals surface area contributed by atoms with E-state index in [1.807, 2.05) is 0 Å². The molecule has 1 N–H and O–H groups in total. The van der Waals surface area contributed by atoms with Gasteiger partial charge in [-0.1, -0.05) is 0 Å². The number of halogens is 2. The number of H-pyrrole nitrogens is 1. The number of fused-ring (bicyclic) bond motifs is 1. The van der Waals surface area contributed by atoms with Crippen LogP contribution in [0.5, 0.6) is 0 Å². The van der Waals surface area contributed by atoms with Gasteiger partial charge in [0.1, 0.15) is 11.3 Å². The monoisotopic (exact) mass is 318 g/mol. The largest absolute Gasteiger partial charge is 0.328 e. The standard InChI is InChI=1S/C12H12F2N2O2S2/c13-7-4-9(14)11-10(5-7)16(12(19)15-11)8-2-1-3-20(17,18)6-8/h4-5,8H,1-3,6H2,(H,15,19). The summed E-state index contributed by atoms with van der Waals surface area (Å²) < 4.78 is 52.3. The molecule has 0 bridgehead atoms. The summed E-state index contributed by atoms with van der Waals surface area (Å²) in [5.74, 6) is -1.34. The molecule has 1 saturated heterocycles. The first kappa shape index (κ1) is 13.7. The molecule has 20 heavy (non-hydrogen) atoms. The number of rotatable bonds is 1. The lowest BCUT2D eigenvalue weighted by atomic mass is 10.1. The maximum atomic E-state index is 13.7. The Morgan fingerprint density at radius 1 is 1.35 bits per heavy atom. The van der Waals surface area contributed by atoms with Gasteiger partial charge in [0.25, 0.3) is 0 Å². The van der Waals surface area contributed by atoms with Gasteiger partial charge in [-0.25, -0.2) is 17.2 Å². The van der Waals surface area contributed by atoms with Gasteiger partial charge in [-0.05, 0) is 31.1 Å². The van der Waals surface area contributed by atoms with Gasteiger partial charge in [-0.3, -0.25) is 0 Å². The van der Waals surface area contributed by atoms with Gasteiger partial charge in [-0.2, -0.15) is 0 Å². The van der Waals surface area contributed by atoms with Crippen molar-refractivity contribution in [2.75, 3.05) is 11.5 Å². The van der Waals surface area contributed by atoms with Gasteiger partial charge < -0.3 is 9.55 Å². The molecule has 0 aliphatic carbocycles. The van der Waals surface area contributed by atoms with Gasteiger partial charge >= 0.3 is 0 Å². The third kappa shape index (κ3) is 2.26. The quantitative estimate of drug-likeness (QED) is 0.823. The molecule has 1 aromatic heterocycles. The first-order chi connectivity index (χ1) is 9.37. The lowest BCUT2D eigenvalue weighted by molar-refractivity contribution is 0.475. The minimum Gasteiger partial charge on any atom is -0.328 e. The van der Waals surface area contributed by atoms with Crippen molar-refractivity contribution in [2.24, 2.45) is 0 Å². The van der Waals surface area contributed by atoms with Crippen molar-refractivity contribution < 1.29 is 17.2 Å². The number of sulfone groups is 1. The number of aromatic amines is 1. The number of imidazole rings is 1. The van der Waals surface area contributed by atoms with E-state index < -0.39 is 21.5 Å². The summed E-state index contributed by atoms with van der Waals surface area (Å²) in [6.07, 6.45) is 1.15. The number of hydrogen-bond acceptors (Lipinski definition) is 3. The molecular formula is C12H12F2N2O2S2. The Morgan fingerprint density at radius 3 is 2.80 bits per heavy atom. The highest BCUT2D eigenvalue weighted by Crippen LogP contribution is 2.29. The molecule has 0 radical (unpaired) electrons. The van der Waals surface area contributed by atoms with Crippen molar-refractivity contribution >= 4 is 33.1 Å². The van der Waals surface area contributed by atoms with E-state index in [4.69, 9.17) is 12.2 Å². The fraction of sp³-hybridized carbons (Fsp3) is 0.417. The van der Waals surface area contributed by atoms with E-state index in [1.54, 1.807) is 0 Å². The normalized spacial score (nSPS) is 22.2. The van der Waals surface area contributed by atoms with Gasteiger partial charge in [-0.15, -0.1) is 0 Å². The number of benzene rings is 1. The zero-order valence-electron chi connectivity index (χ0n) is 10.4. The topological polar surface area (TPSA) is 54.9 Å². The predicted molar refractivity (Wildman–Crippen MR) is 74.0 cm³/mol. The Morgan fingerprint density at radius 2 is 2.10 bits per heavy atom. The molecule has 2 heterocycles. The van der Waals surface area contributed by atoms with Crippen molar-refractivity contribution in [3.05, 3.63) is 28.5 Å². The number of hydrogen-bond donors (Lipinski definition) is 1. The summed E-state index contributed by atoms with van der Waals surface area (Å²) in [7, 11) is -3.13. The van der Waals surface area contributed by atoms with E-state index in [2.05, 4.69) is 4.98 Å². The molecule has 1 aromatic carbocycles. The molecule has 1 aliphatic rings. The Labute approximate surface area is 119 Å². The van der Waals surface area contributed by atoms with Gasteiger partial charge in [0.15, 0.2) is 20.4 Å². The summed E-state index contributed by atoms with van der Waals surface area (Å²) >= 11 is 5.14. The van der Waals surface area contributed by atoms with Crippen LogP contribution in [-0.4, -0.2) is 29.5 Å². The Kier molecular flexibility index (Phi) is 3.17. The fourth-order valence-corrected chi connectivity index (χ4v) is 4.74. The first-order valence-corrected chi connectivity index (χ1v) is 8.40. The smallest absolute Gasteiger partial charge is 0.178 e. The van der Waals surface area contributed by atoms with Crippen LogP contribution in [0.2, 0.25) is 0 Å². The molecule has 8 heteroatoms. The second kappa shape index (κ2) is 4.63. The van der Waals surface area contributed by atoms with Crippen LogP contribution in [0, 0.1) is 16.4 Å². The molecule has 0 saturated carbocycles. The average molecular weight is 318 g/mol. The Balaban J connectivity index is 2.21. The van der Waals surface area contributed by atoms with Crippen LogP contribution in [0.3, 0.4) is 0 Å². The van der Waals surface area contributed by atoms with E-state index in [-0.39, 0.29) is 33.4 Å². The van der Waals surface area contributed by atoms with Crippen LogP contribution in [0.4, 0.5) is 8.78 Å². The van der Waals surface area contributed by atoms with Crippen LogP contribution >= 0.6 is 12.2 Å². The highest BCUT2D eigenvalue weighted by Gasteiger charge is 2.28. The molecule has 108 valence electrons. The molecule has 4 nitrogen and oxygen atoms in total. The van der Waals surface area contributed by atoms with E-state index in [9.17, 15) is 17.2 Å². The number of aromatic nitrogens is 2. The zero-order chi connectivity index (χ0) is 14.5. The summed E-state index contributed by atoms with van der Waals surface area (Å²) in [6.45, 7) is 0. The fourth-order valence-electron chi connectivity index (χ4n) is 2.72. The van der Waals surface area contributed by atoms with E-state index >= 15 is 0 Å². The molecule has 1 aliphatic heterocycles. The van der Waals surface area contributed by atoms with Gasteiger partial charge in [0.05, 0.1) is 23.1 Å². The minimum atomic E-state index is -3.13. The van der Waals surface area contributed by atoms with Gasteiger partial charge in [0, 0.05) is 6.07 Å². The SMILES string of the molecule is O=S1(=O)CCCC(n2c(=S)[nH]c3c(F)cc(F)cc32)C1. The highest BCUT2D eigenvalue weighted by atomic mass is 32.2. The van der Waals surface area contributed by atoms with Gasteiger partial charge in [0.2, 0.25) is 0 Å². The van der Waals surface area contributed by atoms with Crippen LogP contribution in [-0.2, 0) is 9.84 Å². The lowest BCUT2D eigenvalue weighted by Gasteiger charge is -2.23. The Hall–Kier alpha value is -1.28. The van der Waals surface area contributed by atoms with E-state index in [0.29, 0.717) is 12.8 Å². The van der Waals surface area contributed by atoms with Crippen molar-refractivity contribution in [2.45, 2.75) is 18.9 Å². The maximum Gasteiger partial charge on any atom is 0.178 e. The van der Waals surface area contributed by atoms with Crippen molar-refractivity contribution in [3.8, 4) is 0 Å². The maximum absolute atomic E-state index is 13.7. The molecule has 2 aromatic rings. The molecule has 1 fully saturated rings. The molecule has 0 amide bonds. The van der Waals surface area contributed by atoms with Crippen molar-refractivity contribution in [1.82, 2.24) is 9.55 Å². The highest BCUT2D eigenvalue weighted by molar-refractivity contribution is 7.91. The summed E-state index contributed by atoms with van der Waals surface area (Å²) in [5.41, 5.74) is 0.383. The van der Waals surface area contributed by atoms with E-state index in [1.165, 1.54) is 10.6 Å². The molecule has 3 rings (SSSR count). The third-order valence-electron chi connectivity index (χ3n) is 3.55. The summed E-state index contributed by atoms with van der Waals surface area (Å²) in [6, 6.07) is 1.57. The van der Waals surface area contributed by atoms with Crippen LogP contribution in [0.25, 0.3) is 11.0 Å². The minimum absolute atomic E-state index is 0.0492. The average Bonchev–Trinajstić information content (AvgIpc) is 2.64. The zero-order valence-corrected chi connectivity index (χ0v) is 12.0. The first-order valence-electron chi connectivity index (χ1n) is 6.17. The molecule has 1 unspecified atom stereocenters. The molecule has 0 spiro atoms. The van der Waals surface area contributed by atoms with Crippen molar-refractivity contribution in [3.63, 3.8) is 0 Å². The predicted octanol–water partition coefficient (Wildman–Crippen LogP) is 2.73. The van der Waals surface area contributed by atoms with Crippen LogP contribution in [0.15, 0.2) is 12.1 Å². The van der Waals surface area contributed by atoms with E-state index in [0.717, 1.165) is 6.07 Å².